The molecule has 1 aliphatic heterocycles. The molecular weight excluding hydrogens is 488 g/mol. The molecule has 176 valence electrons. The number of benzene rings is 2. The summed E-state index contributed by atoms with van der Waals surface area (Å²) in [5, 5.41) is 11.1. The molecule has 2 aromatic rings. The van der Waals surface area contributed by atoms with Gasteiger partial charge in [0, 0.05) is 23.1 Å². The van der Waals surface area contributed by atoms with Crippen molar-refractivity contribution in [1.82, 2.24) is 9.80 Å². The molecule has 33 heavy (non-hydrogen) atoms. The van der Waals surface area contributed by atoms with E-state index in [9.17, 15) is 14.7 Å². The van der Waals surface area contributed by atoms with Crippen LogP contribution in [0.5, 0.6) is 11.5 Å². The van der Waals surface area contributed by atoms with Crippen LogP contribution in [0.3, 0.4) is 0 Å². The van der Waals surface area contributed by atoms with Crippen LogP contribution in [0.25, 0.3) is 5.76 Å². The zero-order valence-corrected chi connectivity index (χ0v) is 20.9. The van der Waals surface area contributed by atoms with E-state index in [0.29, 0.717) is 35.7 Å². The van der Waals surface area contributed by atoms with Crippen LogP contribution in [-0.4, -0.2) is 67.0 Å². The van der Waals surface area contributed by atoms with Gasteiger partial charge in [-0.15, -0.1) is 0 Å². The van der Waals surface area contributed by atoms with Crippen molar-refractivity contribution in [2.75, 3.05) is 40.4 Å². The fraction of sp³-hybridized carbons (Fsp3) is 0.360. The number of rotatable bonds is 9. The van der Waals surface area contributed by atoms with E-state index in [2.05, 4.69) is 34.7 Å². The van der Waals surface area contributed by atoms with Crippen molar-refractivity contribution >= 4 is 33.4 Å². The first-order chi connectivity index (χ1) is 15.9. The monoisotopic (exact) mass is 516 g/mol. The lowest BCUT2D eigenvalue weighted by atomic mass is 9.95. The Morgan fingerprint density at radius 2 is 1.67 bits per heavy atom. The Kier molecular flexibility index (Phi) is 8.15. The zero-order valence-electron chi connectivity index (χ0n) is 19.3. The maximum absolute atomic E-state index is 13.2. The summed E-state index contributed by atoms with van der Waals surface area (Å²) in [6.07, 6.45) is 0. The Morgan fingerprint density at radius 3 is 2.24 bits per heavy atom. The maximum atomic E-state index is 13.2. The molecule has 0 unspecified atom stereocenters. The second-order valence-electron chi connectivity index (χ2n) is 7.64. The number of ketones is 1. The summed E-state index contributed by atoms with van der Waals surface area (Å²) in [5.41, 5.74) is 1.18. The van der Waals surface area contributed by atoms with E-state index in [0.717, 1.165) is 17.6 Å². The van der Waals surface area contributed by atoms with Crippen LogP contribution in [0, 0.1) is 0 Å². The molecule has 1 aliphatic rings. The van der Waals surface area contributed by atoms with Crippen LogP contribution in [0.2, 0.25) is 0 Å². The molecular formula is C25H29BrN2O5. The van der Waals surface area contributed by atoms with Gasteiger partial charge in [-0.3, -0.25) is 9.59 Å². The van der Waals surface area contributed by atoms with Crippen molar-refractivity contribution in [1.29, 1.82) is 0 Å². The van der Waals surface area contributed by atoms with E-state index in [1.165, 1.54) is 12.0 Å². The molecule has 1 N–H and O–H groups in total. The smallest absolute Gasteiger partial charge is 0.295 e. The average molecular weight is 517 g/mol. The summed E-state index contributed by atoms with van der Waals surface area (Å²) in [7, 11) is 3.07. The number of ether oxygens (including phenoxy) is 2. The van der Waals surface area contributed by atoms with Crippen LogP contribution in [0.4, 0.5) is 0 Å². The summed E-state index contributed by atoms with van der Waals surface area (Å²) >= 11 is 3.38. The number of amides is 1. The Hall–Kier alpha value is -2.84. The van der Waals surface area contributed by atoms with Gasteiger partial charge >= 0.3 is 0 Å². The minimum absolute atomic E-state index is 0.0640. The standard InChI is InChI=1S/C25H29BrN2O5/c1-5-27(6-2)13-14-28-22(17-9-12-19(32-3)20(15-17)33-4)21(24(30)25(28)31)23(29)16-7-10-18(26)11-8-16/h7-12,15,22,29H,5-6,13-14H2,1-4H3/t22-/m1/s1. The van der Waals surface area contributed by atoms with Crippen LogP contribution in [0.1, 0.15) is 31.0 Å². The average Bonchev–Trinajstić information content (AvgIpc) is 3.09. The van der Waals surface area contributed by atoms with E-state index >= 15 is 0 Å². The number of Topliss-reactive ketones (excluding diaryl/α,β-unsaturated/α-hetero) is 1. The quantitative estimate of drug-likeness (QED) is 0.305. The Balaban J connectivity index is 2.14. The Morgan fingerprint density at radius 1 is 1.03 bits per heavy atom. The number of carbonyl (C=O) groups is 2. The second kappa shape index (κ2) is 10.9. The van der Waals surface area contributed by atoms with Crippen LogP contribution in [0.15, 0.2) is 52.5 Å². The lowest BCUT2D eigenvalue weighted by molar-refractivity contribution is -0.140. The predicted octanol–water partition coefficient (Wildman–Crippen LogP) is 4.23. The summed E-state index contributed by atoms with van der Waals surface area (Å²) in [4.78, 5) is 30.0. The largest absolute Gasteiger partial charge is 0.507 e. The van der Waals surface area contributed by atoms with Gasteiger partial charge in [0.1, 0.15) is 5.76 Å². The third-order valence-corrected chi connectivity index (χ3v) is 6.46. The highest BCUT2D eigenvalue weighted by Gasteiger charge is 2.46. The molecule has 1 amide bonds. The van der Waals surface area contributed by atoms with Crippen molar-refractivity contribution < 1.29 is 24.2 Å². The normalized spacial score (nSPS) is 17.6. The fourth-order valence-electron chi connectivity index (χ4n) is 4.03. The highest BCUT2D eigenvalue weighted by molar-refractivity contribution is 9.10. The molecule has 3 rings (SSSR count). The van der Waals surface area contributed by atoms with Crippen LogP contribution in [-0.2, 0) is 9.59 Å². The molecule has 7 nitrogen and oxygen atoms in total. The molecule has 0 aliphatic carbocycles. The lowest BCUT2D eigenvalue weighted by Crippen LogP contribution is -2.38. The van der Waals surface area contributed by atoms with E-state index in [-0.39, 0.29) is 11.3 Å². The third kappa shape index (κ3) is 5.07. The molecule has 0 spiro atoms. The van der Waals surface area contributed by atoms with Crippen LogP contribution >= 0.6 is 15.9 Å². The first-order valence-electron chi connectivity index (χ1n) is 10.8. The van der Waals surface area contributed by atoms with E-state index in [1.54, 1.807) is 49.6 Å². The third-order valence-electron chi connectivity index (χ3n) is 5.93. The van der Waals surface area contributed by atoms with E-state index < -0.39 is 17.7 Å². The highest BCUT2D eigenvalue weighted by Crippen LogP contribution is 2.41. The zero-order chi connectivity index (χ0) is 24.1. The van der Waals surface area contributed by atoms with Gasteiger partial charge in [0.05, 0.1) is 25.8 Å². The Bertz CT molecular complexity index is 1050. The molecule has 1 atom stereocenters. The van der Waals surface area contributed by atoms with Crippen molar-refractivity contribution in [3.8, 4) is 11.5 Å². The molecule has 0 aromatic heterocycles. The number of carbonyl (C=O) groups excluding carboxylic acids is 2. The number of hydrogen-bond donors (Lipinski definition) is 1. The van der Waals surface area contributed by atoms with Crippen molar-refractivity contribution in [3.05, 3.63) is 63.6 Å². The van der Waals surface area contributed by atoms with Gasteiger partial charge in [-0.1, -0.05) is 48.0 Å². The summed E-state index contributed by atoms with van der Waals surface area (Å²) < 4.78 is 11.6. The molecule has 1 heterocycles. The number of halogens is 1. The maximum Gasteiger partial charge on any atom is 0.295 e. The highest BCUT2D eigenvalue weighted by atomic mass is 79.9. The van der Waals surface area contributed by atoms with E-state index in [4.69, 9.17) is 9.47 Å². The van der Waals surface area contributed by atoms with E-state index in [1.807, 2.05) is 0 Å². The number of methoxy groups -OCH3 is 2. The molecule has 2 aromatic carbocycles. The van der Waals surface area contributed by atoms with Crippen LogP contribution < -0.4 is 9.47 Å². The Labute approximate surface area is 202 Å². The summed E-state index contributed by atoms with van der Waals surface area (Å²) in [6.45, 7) is 6.74. The topological polar surface area (TPSA) is 79.3 Å². The number of likely N-dealkylation sites (N-methyl/N-ethyl adjacent to an activating group) is 1. The van der Waals surface area contributed by atoms with Gasteiger partial charge in [-0.25, -0.2) is 0 Å². The summed E-state index contributed by atoms with van der Waals surface area (Å²) in [5.74, 6) is -0.511. The van der Waals surface area contributed by atoms with Gasteiger partial charge in [0.25, 0.3) is 11.7 Å². The first-order valence-corrected chi connectivity index (χ1v) is 11.6. The molecule has 1 saturated heterocycles. The SMILES string of the molecule is CCN(CC)CCN1C(=O)C(=O)C(=C(O)c2ccc(Br)cc2)[C@H]1c1ccc(OC)c(OC)c1. The molecule has 0 saturated carbocycles. The van der Waals surface area contributed by atoms with Gasteiger partial charge in [0.2, 0.25) is 0 Å². The summed E-state index contributed by atoms with van der Waals surface area (Å²) in [6, 6.07) is 11.5. The van der Waals surface area contributed by atoms with Gasteiger partial charge in [0.15, 0.2) is 11.5 Å². The predicted molar refractivity (Wildman–Crippen MR) is 130 cm³/mol. The lowest BCUT2D eigenvalue weighted by Gasteiger charge is -2.28. The number of nitrogens with zero attached hydrogens (tertiary/aromatic N) is 2. The van der Waals surface area contributed by atoms with Gasteiger partial charge in [-0.05, 0) is 42.9 Å². The number of likely N-dealkylation sites (tertiary alicyclic amines) is 1. The van der Waals surface area contributed by atoms with Crippen molar-refractivity contribution in [2.24, 2.45) is 0 Å². The number of aliphatic hydroxyl groups is 1. The molecule has 0 bridgehead atoms. The molecule has 8 heteroatoms. The fourth-order valence-corrected chi connectivity index (χ4v) is 4.30. The molecule has 1 fully saturated rings. The minimum Gasteiger partial charge on any atom is -0.507 e. The molecule has 0 radical (unpaired) electrons. The van der Waals surface area contributed by atoms with Crippen molar-refractivity contribution in [3.63, 3.8) is 0 Å². The number of aliphatic hydroxyl groups excluding tert-OH is 1. The van der Waals surface area contributed by atoms with Gasteiger partial charge in [-0.2, -0.15) is 0 Å². The van der Waals surface area contributed by atoms with Gasteiger partial charge < -0.3 is 24.4 Å². The number of hydrogen-bond acceptors (Lipinski definition) is 6. The van der Waals surface area contributed by atoms with Crippen molar-refractivity contribution in [2.45, 2.75) is 19.9 Å². The second-order valence-corrected chi connectivity index (χ2v) is 8.56. The first kappa shape index (κ1) is 24.8. The minimum atomic E-state index is -0.746.